The number of aliphatic hydroxyl groups excluding tert-OH is 1. The van der Waals surface area contributed by atoms with Gasteiger partial charge < -0.3 is 42.0 Å². The molecular formula is C25H35N5O8. The number of hydrogen-bond acceptors (Lipinski definition) is 7. The smallest absolute Gasteiger partial charge is 0.326 e. The van der Waals surface area contributed by atoms with Crippen molar-refractivity contribution in [2.24, 2.45) is 11.7 Å². The predicted molar refractivity (Wildman–Crippen MR) is 137 cm³/mol. The lowest BCUT2D eigenvalue weighted by atomic mass is 9.97. The van der Waals surface area contributed by atoms with Crippen molar-refractivity contribution in [3.8, 4) is 0 Å². The highest BCUT2D eigenvalue weighted by molar-refractivity contribution is 5.94. The number of rotatable bonds is 15. The Bertz CT molecular complexity index is 1150. The molecule has 0 radical (unpaired) electrons. The van der Waals surface area contributed by atoms with Crippen LogP contribution in [-0.4, -0.2) is 80.7 Å². The number of fused-ring (bicyclic) bond motifs is 1. The fourth-order valence-electron chi connectivity index (χ4n) is 3.85. The van der Waals surface area contributed by atoms with Crippen LogP contribution in [0.15, 0.2) is 30.5 Å². The van der Waals surface area contributed by atoms with Crippen LogP contribution < -0.4 is 21.7 Å². The Morgan fingerprint density at radius 1 is 0.974 bits per heavy atom. The molecule has 2 aromatic rings. The molecule has 0 saturated carbocycles. The molecule has 2 rings (SSSR count). The summed E-state index contributed by atoms with van der Waals surface area (Å²) in [6.07, 6.45) is 1.51. The molecule has 1 heterocycles. The number of para-hydroxylation sites is 1. The summed E-state index contributed by atoms with van der Waals surface area (Å²) in [7, 11) is 0. The van der Waals surface area contributed by atoms with E-state index in [0.29, 0.717) is 6.42 Å². The minimum absolute atomic E-state index is 0.167. The third kappa shape index (κ3) is 8.28. The lowest BCUT2D eigenvalue weighted by Crippen LogP contribution is -2.59. The zero-order valence-corrected chi connectivity index (χ0v) is 21.3. The molecular weight excluding hydrogens is 498 g/mol. The molecule has 5 atom stereocenters. The van der Waals surface area contributed by atoms with E-state index in [1.165, 1.54) is 0 Å². The van der Waals surface area contributed by atoms with Crippen LogP contribution in [-0.2, 0) is 30.4 Å². The second-order valence-corrected chi connectivity index (χ2v) is 9.12. The maximum Gasteiger partial charge on any atom is 0.326 e. The third-order valence-electron chi connectivity index (χ3n) is 6.32. The van der Waals surface area contributed by atoms with Gasteiger partial charge in [-0.1, -0.05) is 38.5 Å². The van der Waals surface area contributed by atoms with Crippen molar-refractivity contribution in [3.63, 3.8) is 0 Å². The molecule has 0 saturated heterocycles. The maximum atomic E-state index is 12.9. The number of benzene rings is 1. The number of carbonyl (C=O) groups excluding carboxylic acids is 3. The molecule has 13 heteroatoms. The molecule has 0 fully saturated rings. The first kappa shape index (κ1) is 30.3. The van der Waals surface area contributed by atoms with Crippen molar-refractivity contribution in [1.29, 1.82) is 0 Å². The average Bonchev–Trinajstić information content (AvgIpc) is 3.29. The normalized spacial score (nSPS) is 15.1. The molecule has 9 N–H and O–H groups in total. The number of amides is 3. The third-order valence-corrected chi connectivity index (χ3v) is 6.32. The van der Waals surface area contributed by atoms with E-state index in [2.05, 4.69) is 20.9 Å². The van der Waals surface area contributed by atoms with Crippen molar-refractivity contribution < 1.29 is 39.3 Å². The van der Waals surface area contributed by atoms with Gasteiger partial charge in [0.25, 0.3) is 0 Å². The number of nitrogens with two attached hydrogens (primary N) is 1. The number of aliphatic hydroxyl groups is 1. The van der Waals surface area contributed by atoms with Crippen molar-refractivity contribution >= 4 is 40.6 Å². The lowest BCUT2D eigenvalue weighted by molar-refractivity contribution is -0.143. The van der Waals surface area contributed by atoms with Gasteiger partial charge in [0, 0.05) is 23.5 Å². The number of aromatic nitrogens is 1. The summed E-state index contributed by atoms with van der Waals surface area (Å²) in [5, 5.41) is 35.9. The molecule has 208 valence electrons. The molecule has 38 heavy (non-hydrogen) atoms. The molecule has 3 amide bonds. The minimum Gasteiger partial charge on any atom is -0.481 e. The fourth-order valence-corrected chi connectivity index (χ4v) is 3.85. The maximum absolute atomic E-state index is 12.9. The first-order chi connectivity index (χ1) is 18.0. The molecule has 13 nitrogen and oxygen atoms in total. The standard InChI is InChI=1S/C25H35N5O8/c1-3-13(2)21(24(36)28-18(25(37)38)8-9-20(32)33)30-23(35)19(12-31)29-22(34)16(26)10-14-11-27-17-7-5-4-6-15(14)17/h4-7,11,13,16,18-19,21,27,31H,3,8-10,12,26H2,1-2H3,(H,28,36)(H,29,34)(H,30,35)(H,32,33)(H,37,38). The number of H-pyrrole nitrogens is 1. The fraction of sp³-hybridized carbons (Fsp3) is 0.480. The summed E-state index contributed by atoms with van der Waals surface area (Å²) in [5.41, 5.74) is 7.74. The Kier molecular flexibility index (Phi) is 11.2. The number of hydrogen-bond donors (Lipinski definition) is 8. The molecule has 0 spiro atoms. The van der Waals surface area contributed by atoms with Gasteiger partial charge >= 0.3 is 11.9 Å². The molecule has 5 unspecified atom stereocenters. The SMILES string of the molecule is CCC(C)C(NC(=O)C(CO)NC(=O)C(N)Cc1c[nH]c2ccccc12)C(=O)NC(CCC(=O)O)C(=O)O. The highest BCUT2D eigenvalue weighted by Gasteiger charge is 2.32. The monoisotopic (exact) mass is 533 g/mol. The van der Waals surface area contributed by atoms with Gasteiger partial charge in [0.05, 0.1) is 12.6 Å². The molecule has 1 aromatic carbocycles. The van der Waals surface area contributed by atoms with Crippen LogP contribution in [0.2, 0.25) is 0 Å². The first-order valence-electron chi connectivity index (χ1n) is 12.3. The number of aromatic amines is 1. The second kappa shape index (κ2) is 14.1. The van der Waals surface area contributed by atoms with Crippen molar-refractivity contribution in [3.05, 3.63) is 36.0 Å². The largest absolute Gasteiger partial charge is 0.481 e. The Labute approximate surface area is 219 Å². The summed E-state index contributed by atoms with van der Waals surface area (Å²) in [5.74, 6) is -5.47. The topological polar surface area (TPSA) is 224 Å². The average molecular weight is 534 g/mol. The van der Waals surface area contributed by atoms with Gasteiger partial charge in [0.15, 0.2) is 0 Å². The summed E-state index contributed by atoms with van der Waals surface area (Å²) in [6, 6.07) is 2.35. The summed E-state index contributed by atoms with van der Waals surface area (Å²) in [6.45, 7) is 2.63. The zero-order valence-electron chi connectivity index (χ0n) is 21.3. The Morgan fingerprint density at radius 3 is 2.24 bits per heavy atom. The van der Waals surface area contributed by atoms with Crippen LogP contribution in [0.4, 0.5) is 0 Å². The molecule has 0 bridgehead atoms. The van der Waals surface area contributed by atoms with E-state index in [1.807, 2.05) is 24.3 Å². The van der Waals surface area contributed by atoms with E-state index in [0.717, 1.165) is 16.5 Å². The van der Waals surface area contributed by atoms with E-state index < -0.39 is 72.8 Å². The van der Waals surface area contributed by atoms with Crippen LogP contribution in [0.25, 0.3) is 10.9 Å². The molecule has 0 aliphatic rings. The Balaban J connectivity index is 2.05. The minimum atomic E-state index is -1.47. The highest BCUT2D eigenvalue weighted by Crippen LogP contribution is 2.18. The van der Waals surface area contributed by atoms with Gasteiger partial charge in [-0.15, -0.1) is 0 Å². The number of carboxylic acid groups (broad SMARTS) is 2. The first-order valence-corrected chi connectivity index (χ1v) is 12.3. The van der Waals surface area contributed by atoms with E-state index in [-0.39, 0.29) is 12.8 Å². The Morgan fingerprint density at radius 2 is 1.63 bits per heavy atom. The summed E-state index contributed by atoms with van der Waals surface area (Å²) < 4.78 is 0. The number of carboxylic acids is 2. The van der Waals surface area contributed by atoms with Gasteiger partial charge in [-0.25, -0.2) is 4.79 Å². The lowest BCUT2D eigenvalue weighted by Gasteiger charge is -2.27. The predicted octanol–water partition coefficient (Wildman–Crippen LogP) is -0.520. The summed E-state index contributed by atoms with van der Waals surface area (Å²) in [4.78, 5) is 63.8. The molecule has 1 aromatic heterocycles. The molecule has 0 aliphatic carbocycles. The van der Waals surface area contributed by atoms with Gasteiger partial charge in [-0.2, -0.15) is 0 Å². The van der Waals surface area contributed by atoms with E-state index in [4.69, 9.17) is 10.8 Å². The van der Waals surface area contributed by atoms with Crippen LogP contribution in [0.5, 0.6) is 0 Å². The number of nitrogens with one attached hydrogen (secondary N) is 4. The Hall–Kier alpha value is -3.97. The van der Waals surface area contributed by atoms with Crippen molar-refractivity contribution in [2.75, 3.05) is 6.61 Å². The quantitative estimate of drug-likeness (QED) is 0.147. The zero-order chi connectivity index (χ0) is 28.4. The van der Waals surface area contributed by atoms with Crippen LogP contribution in [0, 0.1) is 5.92 Å². The van der Waals surface area contributed by atoms with E-state index in [9.17, 15) is 34.2 Å². The number of carbonyl (C=O) groups is 5. The van der Waals surface area contributed by atoms with Gasteiger partial charge in [-0.05, 0) is 30.4 Å². The highest BCUT2D eigenvalue weighted by atomic mass is 16.4. The van der Waals surface area contributed by atoms with E-state index >= 15 is 0 Å². The van der Waals surface area contributed by atoms with E-state index in [1.54, 1.807) is 20.0 Å². The summed E-state index contributed by atoms with van der Waals surface area (Å²) >= 11 is 0. The van der Waals surface area contributed by atoms with Gasteiger partial charge in [0.1, 0.15) is 18.1 Å². The van der Waals surface area contributed by atoms with Crippen LogP contribution in [0.3, 0.4) is 0 Å². The number of aliphatic carboxylic acids is 2. The van der Waals surface area contributed by atoms with Gasteiger partial charge in [-0.3, -0.25) is 19.2 Å². The molecule has 0 aliphatic heterocycles. The second-order valence-electron chi connectivity index (χ2n) is 9.12. The van der Waals surface area contributed by atoms with Crippen LogP contribution >= 0.6 is 0 Å². The van der Waals surface area contributed by atoms with Gasteiger partial charge in [0.2, 0.25) is 17.7 Å². The van der Waals surface area contributed by atoms with Crippen molar-refractivity contribution in [1.82, 2.24) is 20.9 Å². The van der Waals surface area contributed by atoms with Crippen molar-refractivity contribution in [2.45, 2.75) is 63.7 Å². The van der Waals surface area contributed by atoms with Crippen LogP contribution in [0.1, 0.15) is 38.7 Å².